The van der Waals surface area contributed by atoms with Gasteiger partial charge in [-0.05, 0) is 30.3 Å². The Morgan fingerprint density at radius 3 is 2.17 bits per heavy atom. The number of carbonyl (C=O) groups excluding carboxylic acids is 2. The predicted octanol–water partition coefficient (Wildman–Crippen LogP) is 2.32. The summed E-state index contributed by atoms with van der Waals surface area (Å²) in [6, 6.07) is 10.2. The second-order valence-electron chi connectivity index (χ2n) is 5.13. The van der Waals surface area contributed by atoms with E-state index in [1.807, 2.05) is 0 Å². The van der Waals surface area contributed by atoms with E-state index in [4.69, 9.17) is 0 Å². The van der Waals surface area contributed by atoms with Gasteiger partial charge in [0.25, 0.3) is 11.8 Å². The van der Waals surface area contributed by atoms with E-state index < -0.39 is 0 Å². The quantitative estimate of drug-likeness (QED) is 0.772. The molecule has 24 heavy (non-hydrogen) atoms. The maximum absolute atomic E-state index is 12.1. The standard InChI is InChI=1S/C17H15N5O2/c1-22-11-13(10-19-22)17(24)21-15-4-2-3-14(9-15)20-16(23)12-5-7-18-8-6-12/h2-11H,1H3,(H,20,23)(H,21,24). The van der Waals surface area contributed by atoms with Crippen molar-refractivity contribution >= 4 is 23.2 Å². The smallest absolute Gasteiger partial charge is 0.258 e. The summed E-state index contributed by atoms with van der Waals surface area (Å²) in [7, 11) is 1.74. The van der Waals surface area contributed by atoms with Gasteiger partial charge >= 0.3 is 0 Å². The van der Waals surface area contributed by atoms with E-state index in [1.54, 1.807) is 66.7 Å². The molecule has 0 bridgehead atoms. The van der Waals surface area contributed by atoms with Gasteiger partial charge in [-0.2, -0.15) is 5.10 Å². The SMILES string of the molecule is Cn1cc(C(=O)Nc2cccc(NC(=O)c3ccncc3)c2)cn1. The highest BCUT2D eigenvalue weighted by molar-refractivity contribution is 6.06. The van der Waals surface area contributed by atoms with Crippen LogP contribution in [0.15, 0.2) is 61.2 Å². The fraction of sp³-hybridized carbons (Fsp3) is 0.0588. The first-order valence-electron chi connectivity index (χ1n) is 7.23. The summed E-state index contributed by atoms with van der Waals surface area (Å²) in [6.07, 6.45) is 6.23. The topological polar surface area (TPSA) is 88.9 Å². The van der Waals surface area contributed by atoms with Crippen LogP contribution in [0, 0.1) is 0 Å². The van der Waals surface area contributed by atoms with Gasteiger partial charge in [0.2, 0.25) is 0 Å². The van der Waals surface area contributed by atoms with Crippen LogP contribution in [-0.2, 0) is 7.05 Å². The van der Waals surface area contributed by atoms with E-state index >= 15 is 0 Å². The highest BCUT2D eigenvalue weighted by Crippen LogP contribution is 2.17. The van der Waals surface area contributed by atoms with Crippen LogP contribution in [0.5, 0.6) is 0 Å². The average molecular weight is 321 g/mol. The van der Waals surface area contributed by atoms with Crippen LogP contribution < -0.4 is 10.6 Å². The van der Waals surface area contributed by atoms with E-state index in [1.165, 1.54) is 6.20 Å². The van der Waals surface area contributed by atoms with Crippen LogP contribution in [0.25, 0.3) is 0 Å². The minimum atomic E-state index is -0.263. The molecule has 0 unspecified atom stereocenters. The Morgan fingerprint density at radius 1 is 0.958 bits per heavy atom. The van der Waals surface area contributed by atoms with E-state index in [9.17, 15) is 9.59 Å². The summed E-state index contributed by atoms with van der Waals surface area (Å²) in [6.45, 7) is 0. The lowest BCUT2D eigenvalue weighted by molar-refractivity contribution is 0.101. The summed E-state index contributed by atoms with van der Waals surface area (Å²) in [5, 5.41) is 9.52. The number of aryl methyl sites for hydroxylation is 1. The third-order valence-corrected chi connectivity index (χ3v) is 3.29. The van der Waals surface area contributed by atoms with Crippen molar-refractivity contribution in [2.45, 2.75) is 0 Å². The molecule has 0 fully saturated rings. The molecule has 0 radical (unpaired) electrons. The number of aromatic nitrogens is 3. The van der Waals surface area contributed by atoms with Crippen molar-refractivity contribution in [2.24, 2.45) is 7.05 Å². The first-order chi connectivity index (χ1) is 11.6. The van der Waals surface area contributed by atoms with Gasteiger partial charge in [0.1, 0.15) is 0 Å². The molecule has 2 aromatic heterocycles. The van der Waals surface area contributed by atoms with Gasteiger partial charge in [0.15, 0.2) is 0 Å². The minimum Gasteiger partial charge on any atom is -0.322 e. The van der Waals surface area contributed by atoms with Crippen molar-refractivity contribution in [2.75, 3.05) is 10.6 Å². The van der Waals surface area contributed by atoms with Crippen LogP contribution >= 0.6 is 0 Å². The van der Waals surface area contributed by atoms with Crippen molar-refractivity contribution in [3.63, 3.8) is 0 Å². The Kier molecular flexibility index (Phi) is 4.33. The zero-order valence-electron chi connectivity index (χ0n) is 12.9. The summed E-state index contributed by atoms with van der Waals surface area (Å²) in [4.78, 5) is 28.1. The molecule has 0 aliphatic carbocycles. The summed E-state index contributed by atoms with van der Waals surface area (Å²) in [5.74, 6) is -0.506. The van der Waals surface area contributed by atoms with E-state index in [2.05, 4.69) is 20.7 Å². The average Bonchev–Trinajstić information content (AvgIpc) is 3.02. The molecule has 7 heteroatoms. The van der Waals surface area contributed by atoms with Gasteiger partial charge in [-0.1, -0.05) is 6.07 Å². The lowest BCUT2D eigenvalue weighted by atomic mass is 10.2. The Morgan fingerprint density at radius 2 is 1.58 bits per heavy atom. The maximum Gasteiger partial charge on any atom is 0.258 e. The molecule has 0 aliphatic heterocycles. The fourth-order valence-corrected chi connectivity index (χ4v) is 2.12. The number of anilines is 2. The molecular formula is C17H15N5O2. The summed E-state index contributed by atoms with van der Waals surface area (Å²) < 4.78 is 1.56. The Labute approximate surface area is 138 Å². The number of amides is 2. The van der Waals surface area contributed by atoms with Gasteiger partial charge in [0, 0.05) is 42.6 Å². The largest absolute Gasteiger partial charge is 0.322 e. The second-order valence-corrected chi connectivity index (χ2v) is 5.13. The van der Waals surface area contributed by atoms with Gasteiger partial charge in [-0.3, -0.25) is 19.3 Å². The minimum absolute atomic E-state index is 0.242. The van der Waals surface area contributed by atoms with Gasteiger partial charge in [-0.25, -0.2) is 0 Å². The number of carbonyl (C=O) groups is 2. The number of nitrogens with zero attached hydrogens (tertiary/aromatic N) is 3. The first-order valence-corrected chi connectivity index (χ1v) is 7.23. The molecule has 2 heterocycles. The van der Waals surface area contributed by atoms with E-state index in [-0.39, 0.29) is 11.8 Å². The number of hydrogen-bond donors (Lipinski definition) is 2. The zero-order chi connectivity index (χ0) is 16.9. The molecular weight excluding hydrogens is 306 g/mol. The van der Waals surface area contributed by atoms with Gasteiger partial charge < -0.3 is 10.6 Å². The summed E-state index contributed by atoms with van der Waals surface area (Å²) in [5.41, 5.74) is 2.13. The second kappa shape index (κ2) is 6.74. The highest BCUT2D eigenvalue weighted by Gasteiger charge is 2.09. The van der Waals surface area contributed by atoms with Crippen LogP contribution in [0.1, 0.15) is 20.7 Å². The molecule has 2 N–H and O–H groups in total. The third kappa shape index (κ3) is 3.64. The van der Waals surface area contributed by atoms with Gasteiger partial charge in [0.05, 0.1) is 11.8 Å². The first kappa shape index (κ1) is 15.4. The molecule has 0 saturated heterocycles. The lowest BCUT2D eigenvalue weighted by Gasteiger charge is -2.08. The Bertz CT molecular complexity index is 873. The van der Waals surface area contributed by atoms with E-state index in [0.717, 1.165) is 0 Å². The molecule has 0 aliphatic rings. The van der Waals surface area contributed by atoms with Crippen molar-refractivity contribution < 1.29 is 9.59 Å². The van der Waals surface area contributed by atoms with Gasteiger partial charge in [-0.15, -0.1) is 0 Å². The molecule has 120 valence electrons. The monoisotopic (exact) mass is 321 g/mol. The summed E-state index contributed by atoms with van der Waals surface area (Å²) >= 11 is 0. The molecule has 0 atom stereocenters. The predicted molar refractivity (Wildman–Crippen MR) is 89.8 cm³/mol. The Balaban J connectivity index is 1.70. The van der Waals surface area contributed by atoms with Crippen LogP contribution in [0.4, 0.5) is 11.4 Å². The van der Waals surface area contributed by atoms with Crippen LogP contribution in [0.3, 0.4) is 0 Å². The molecule has 3 rings (SSSR count). The lowest BCUT2D eigenvalue weighted by Crippen LogP contribution is -2.13. The number of nitrogens with one attached hydrogen (secondary N) is 2. The normalized spacial score (nSPS) is 10.2. The molecule has 1 aromatic carbocycles. The fourth-order valence-electron chi connectivity index (χ4n) is 2.12. The maximum atomic E-state index is 12.1. The molecule has 0 saturated carbocycles. The van der Waals surface area contributed by atoms with E-state index in [0.29, 0.717) is 22.5 Å². The van der Waals surface area contributed by atoms with Crippen molar-refractivity contribution in [3.05, 3.63) is 72.3 Å². The number of rotatable bonds is 4. The molecule has 0 spiro atoms. The van der Waals surface area contributed by atoms with Crippen LogP contribution in [0.2, 0.25) is 0 Å². The molecule has 7 nitrogen and oxygen atoms in total. The molecule has 2 amide bonds. The van der Waals surface area contributed by atoms with Crippen molar-refractivity contribution in [1.29, 1.82) is 0 Å². The highest BCUT2D eigenvalue weighted by atomic mass is 16.2. The number of hydrogen-bond acceptors (Lipinski definition) is 4. The van der Waals surface area contributed by atoms with Crippen LogP contribution in [-0.4, -0.2) is 26.6 Å². The zero-order valence-corrected chi connectivity index (χ0v) is 12.9. The Hall–Kier alpha value is -3.48. The number of pyridine rings is 1. The van der Waals surface area contributed by atoms with Crippen molar-refractivity contribution in [1.82, 2.24) is 14.8 Å². The molecule has 3 aromatic rings. The third-order valence-electron chi connectivity index (χ3n) is 3.29. The van der Waals surface area contributed by atoms with Crippen molar-refractivity contribution in [3.8, 4) is 0 Å². The number of benzene rings is 1.